The molecule has 102 valence electrons. The number of benzene rings is 1. The maximum absolute atomic E-state index is 13.3. The maximum atomic E-state index is 13.3. The molecule has 0 amide bonds. The Hall–Kier alpha value is -0.990. The van der Waals surface area contributed by atoms with Crippen LogP contribution in [0.5, 0.6) is 0 Å². The van der Waals surface area contributed by atoms with Crippen LogP contribution in [0.4, 0.5) is 4.39 Å². The van der Waals surface area contributed by atoms with E-state index in [-0.39, 0.29) is 18.7 Å². The molecular weight excluding hydrogens is 281 g/mol. The van der Waals surface area contributed by atoms with Crippen LogP contribution >= 0.6 is 0 Å². The van der Waals surface area contributed by atoms with E-state index in [1.54, 1.807) is 0 Å². The molecule has 0 radical (unpaired) electrons. The summed E-state index contributed by atoms with van der Waals surface area (Å²) in [6, 6.07) is 4.99. The summed E-state index contributed by atoms with van der Waals surface area (Å²) >= 11 is 0. The van der Waals surface area contributed by atoms with Gasteiger partial charge in [-0.2, -0.15) is 0 Å². The second-order valence-corrected chi connectivity index (χ2v) is 7.81. The van der Waals surface area contributed by atoms with Crippen LogP contribution in [0.2, 0.25) is 0 Å². The highest BCUT2D eigenvalue weighted by molar-refractivity contribution is 7.90. The molecule has 18 heavy (non-hydrogen) atoms. The minimum Gasteiger partial charge on any atom is -0.229 e. The van der Waals surface area contributed by atoms with Gasteiger partial charge >= 0.3 is 0 Å². The van der Waals surface area contributed by atoms with Crippen molar-refractivity contribution in [2.45, 2.75) is 11.3 Å². The lowest BCUT2D eigenvalue weighted by atomic mass is 10.4. The van der Waals surface area contributed by atoms with Crippen LogP contribution in [0.1, 0.15) is 6.42 Å². The lowest BCUT2D eigenvalue weighted by molar-refractivity contribution is 0.555. The SMILES string of the molecule is CS(=O)(=O)CCCNS(=O)(=O)c1ccccc1F. The van der Waals surface area contributed by atoms with E-state index in [9.17, 15) is 21.2 Å². The van der Waals surface area contributed by atoms with Crippen LogP contribution in [0, 0.1) is 5.82 Å². The second kappa shape index (κ2) is 5.77. The second-order valence-electron chi connectivity index (χ2n) is 3.81. The summed E-state index contributed by atoms with van der Waals surface area (Å²) < 4.78 is 60.5. The third kappa shape index (κ3) is 4.71. The summed E-state index contributed by atoms with van der Waals surface area (Å²) in [7, 11) is -7.05. The Kier molecular flexibility index (Phi) is 4.83. The zero-order valence-electron chi connectivity index (χ0n) is 9.76. The Bertz CT molecular complexity index is 611. The molecule has 0 saturated heterocycles. The van der Waals surface area contributed by atoms with Crippen molar-refractivity contribution in [2.24, 2.45) is 0 Å². The summed E-state index contributed by atoms with van der Waals surface area (Å²) in [6.07, 6.45) is 1.21. The molecule has 8 heteroatoms. The van der Waals surface area contributed by atoms with Crippen molar-refractivity contribution in [2.75, 3.05) is 18.6 Å². The van der Waals surface area contributed by atoms with Crippen LogP contribution < -0.4 is 4.72 Å². The molecule has 0 aliphatic heterocycles. The third-order valence-corrected chi connectivity index (χ3v) is 4.63. The topological polar surface area (TPSA) is 80.3 Å². The third-order valence-electron chi connectivity index (χ3n) is 2.11. The molecule has 0 aliphatic carbocycles. The fourth-order valence-electron chi connectivity index (χ4n) is 1.28. The fraction of sp³-hybridized carbons (Fsp3) is 0.400. The highest BCUT2D eigenvalue weighted by atomic mass is 32.2. The summed E-state index contributed by atoms with van der Waals surface area (Å²) in [6.45, 7) is -0.0518. The summed E-state index contributed by atoms with van der Waals surface area (Å²) in [5.41, 5.74) is 0. The van der Waals surface area contributed by atoms with Gasteiger partial charge in [0.1, 0.15) is 20.5 Å². The number of halogens is 1. The number of hydrogen-bond acceptors (Lipinski definition) is 4. The fourth-order valence-corrected chi connectivity index (χ4v) is 3.10. The molecule has 0 unspecified atom stereocenters. The number of sulfone groups is 1. The van der Waals surface area contributed by atoms with Crippen LogP contribution in [0.3, 0.4) is 0 Å². The molecule has 0 saturated carbocycles. The van der Waals surface area contributed by atoms with Crippen molar-refractivity contribution in [3.63, 3.8) is 0 Å². The molecule has 1 aromatic rings. The van der Waals surface area contributed by atoms with Crippen molar-refractivity contribution in [3.05, 3.63) is 30.1 Å². The molecule has 0 atom stereocenters. The van der Waals surface area contributed by atoms with Crippen molar-refractivity contribution < 1.29 is 21.2 Å². The van der Waals surface area contributed by atoms with Gasteiger partial charge in [0.2, 0.25) is 10.0 Å². The number of rotatable bonds is 6. The zero-order chi connectivity index (χ0) is 13.8. The smallest absolute Gasteiger partial charge is 0.229 e. The van der Waals surface area contributed by atoms with Crippen LogP contribution in [0.15, 0.2) is 29.2 Å². The van der Waals surface area contributed by atoms with Crippen LogP contribution in [-0.2, 0) is 19.9 Å². The summed E-state index contributed by atoms with van der Waals surface area (Å²) in [4.78, 5) is -0.440. The molecule has 1 N–H and O–H groups in total. The predicted molar refractivity (Wildman–Crippen MR) is 65.9 cm³/mol. The van der Waals surface area contributed by atoms with E-state index in [0.717, 1.165) is 18.4 Å². The maximum Gasteiger partial charge on any atom is 0.243 e. The summed E-state index contributed by atoms with van der Waals surface area (Å²) in [5, 5.41) is 0. The monoisotopic (exact) mass is 295 g/mol. The molecule has 1 aromatic carbocycles. The average molecular weight is 295 g/mol. The van der Waals surface area contributed by atoms with Gasteiger partial charge in [-0.3, -0.25) is 0 Å². The van der Waals surface area contributed by atoms with Crippen LogP contribution in [-0.4, -0.2) is 35.4 Å². The Labute approximate surface area is 106 Å². The molecule has 0 fully saturated rings. The molecule has 1 rings (SSSR count). The van der Waals surface area contributed by atoms with E-state index in [2.05, 4.69) is 4.72 Å². The number of hydrogen-bond donors (Lipinski definition) is 1. The normalized spacial score (nSPS) is 12.6. The van der Waals surface area contributed by atoms with Crippen LogP contribution in [0.25, 0.3) is 0 Å². The van der Waals surface area contributed by atoms with Gasteiger partial charge in [-0.05, 0) is 18.6 Å². The van der Waals surface area contributed by atoms with Gasteiger partial charge in [0.15, 0.2) is 0 Å². The Morgan fingerprint density at radius 2 is 1.78 bits per heavy atom. The zero-order valence-corrected chi connectivity index (χ0v) is 11.4. The van der Waals surface area contributed by atoms with Crippen molar-refractivity contribution in [1.29, 1.82) is 0 Å². The number of sulfonamides is 1. The Morgan fingerprint density at radius 3 is 2.33 bits per heavy atom. The lowest BCUT2D eigenvalue weighted by Crippen LogP contribution is -2.26. The predicted octanol–water partition coefficient (Wildman–Crippen LogP) is 0.539. The minimum atomic E-state index is -3.93. The van der Waals surface area contributed by atoms with E-state index in [0.29, 0.717) is 0 Å². The number of nitrogens with one attached hydrogen (secondary N) is 1. The first-order valence-corrected chi connectivity index (χ1v) is 8.69. The first kappa shape index (κ1) is 15.1. The first-order chi connectivity index (χ1) is 8.22. The molecule has 0 aromatic heterocycles. The largest absolute Gasteiger partial charge is 0.243 e. The lowest BCUT2D eigenvalue weighted by Gasteiger charge is -2.06. The van der Waals surface area contributed by atoms with Crippen molar-refractivity contribution >= 4 is 19.9 Å². The Morgan fingerprint density at radius 1 is 1.17 bits per heavy atom. The average Bonchev–Trinajstić information content (AvgIpc) is 2.24. The van der Waals surface area contributed by atoms with Gasteiger partial charge < -0.3 is 0 Å². The molecular formula is C10H14FNO4S2. The molecule has 0 bridgehead atoms. The van der Waals surface area contributed by atoms with E-state index in [4.69, 9.17) is 0 Å². The quantitative estimate of drug-likeness (QED) is 0.777. The van der Waals surface area contributed by atoms with Gasteiger partial charge in [-0.25, -0.2) is 25.9 Å². The van der Waals surface area contributed by atoms with Crippen molar-refractivity contribution in [3.8, 4) is 0 Å². The van der Waals surface area contributed by atoms with Gasteiger partial charge in [-0.15, -0.1) is 0 Å². The molecule has 0 aliphatic rings. The molecule has 0 heterocycles. The standard InChI is InChI=1S/C10H14FNO4S2/c1-17(13,14)8-4-7-12-18(15,16)10-6-3-2-5-9(10)11/h2-3,5-6,12H,4,7-8H2,1H3. The molecule has 0 spiro atoms. The van der Waals surface area contributed by atoms with Gasteiger partial charge in [0.05, 0.1) is 5.75 Å². The van der Waals surface area contributed by atoms with Gasteiger partial charge in [0, 0.05) is 12.8 Å². The van der Waals surface area contributed by atoms with E-state index in [1.165, 1.54) is 12.1 Å². The highest BCUT2D eigenvalue weighted by Gasteiger charge is 2.17. The first-order valence-electron chi connectivity index (χ1n) is 5.14. The van der Waals surface area contributed by atoms with E-state index in [1.807, 2.05) is 0 Å². The minimum absolute atomic E-state index is 0.0518. The van der Waals surface area contributed by atoms with Crippen molar-refractivity contribution in [1.82, 2.24) is 4.72 Å². The summed E-state index contributed by atoms with van der Waals surface area (Å²) in [5.74, 6) is -0.958. The Balaban J connectivity index is 2.65. The highest BCUT2D eigenvalue weighted by Crippen LogP contribution is 2.12. The van der Waals surface area contributed by atoms with Gasteiger partial charge in [0.25, 0.3) is 0 Å². The van der Waals surface area contributed by atoms with E-state index >= 15 is 0 Å². The van der Waals surface area contributed by atoms with E-state index < -0.39 is 30.6 Å². The van der Waals surface area contributed by atoms with Gasteiger partial charge in [-0.1, -0.05) is 12.1 Å². The molecule has 5 nitrogen and oxygen atoms in total.